The maximum Gasteiger partial charge on any atom is 0.262 e. The first-order chi connectivity index (χ1) is 11.5. The van der Waals surface area contributed by atoms with Gasteiger partial charge in [0.15, 0.2) is 5.65 Å². The van der Waals surface area contributed by atoms with E-state index in [1.807, 2.05) is 44.2 Å². The number of para-hydroxylation sites is 1. The van der Waals surface area contributed by atoms with Gasteiger partial charge in [-0.2, -0.15) is 5.10 Å². The van der Waals surface area contributed by atoms with Crippen LogP contribution in [0, 0.1) is 5.92 Å². The SMILES string of the molecule is CC(C)CC(=O)NCc1nc2c(cnn2-c2ccccc2)c(=O)[nH]1. The van der Waals surface area contributed by atoms with Crippen molar-refractivity contribution in [3.63, 3.8) is 0 Å². The Morgan fingerprint density at radius 3 is 2.75 bits per heavy atom. The summed E-state index contributed by atoms with van der Waals surface area (Å²) in [7, 11) is 0. The van der Waals surface area contributed by atoms with Gasteiger partial charge in [-0.3, -0.25) is 9.59 Å². The number of hydrogen-bond acceptors (Lipinski definition) is 4. The Morgan fingerprint density at radius 2 is 2.04 bits per heavy atom. The number of nitrogens with zero attached hydrogens (tertiary/aromatic N) is 3. The van der Waals surface area contributed by atoms with Crippen LogP contribution in [0.3, 0.4) is 0 Å². The van der Waals surface area contributed by atoms with Gasteiger partial charge in [-0.25, -0.2) is 9.67 Å². The summed E-state index contributed by atoms with van der Waals surface area (Å²) in [5.41, 5.74) is 1.02. The molecule has 0 spiro atoms. The topological polar surface area (TPSA) is 92.7 Å². The zero-order valence-corrected chi connectivity index (χ0v) is 13.6. The smallest absolute Gasteiger partial charge is 0.262 e. The molecule has 1 aromatic carbocycles. The third-order valence-electron chi connectivity index (χ3n) is 3.53. The van der Waals surface area contributed by atoms with Crippen LogP contribution in [0.15, 0.2) is 41.3 Å². The van der Waals surface area contributed by atoms with Gasteiger partial charge in [-0.05, 0) is 18.1 Å². The zero-order valence-electron chi connectivity index (χ0n) is 13.6. The van der Waals surface area contributed by atoms with Gasteiger partial charge in [-0.1, -0.05) is 32.0 Å². The highest BCUT2D eigenvalue weighted by Gasteiger charge is 2.12. The third kappa shape index (κ3) is 3.34. The highest BCUT2D eigenvalue weighted by atomic mass is 16.1. The molecule has 3 rings (SSSR count). The van der Waals surface area contributed by atoms with Crippen LogP contribution in [0.1, 0.15) is 26.1 Å². The van der Waals surface area contributed by atoms with Crippen molar-refractivity contribution in [2.45, 2.75) is 26.8 Å². The maximum absolute atomic E-state index is 12.2. The lowest BCUT2D eigenvalue weighted by molar-refractivity contribution is -0.121. The molecule has 2 aromatic heterocycles. The van der Waals surface area contributed by atoms with Gasteiger partial charge in [0.2, 0.25) is 5.91 Å². The normalized spacial score (nSPS) is 11.1. The lowest BCUT2D eigenvalue weighted by Crippen LogP contribution is -2.26. The number of carbonyl (C=O) groups is 1. The molecule has 1 amide bonds. The summed E-state index contributed by atoms with van der Waals surface area (Å²) in [5.74, 6) is 0.616. The molecular weight excluding hydrogens is 306 g/mol. The summed E-state index contributed by atoms with van der Waals surface area (Å²) < 4.78 is 1.62. The Bertz CT molecular complexity index is 912. The molecule has 0 aliphatic rings. The fraction of sp³-hybridized carbons (Fsp3) is 0.294. The first-order valence-electron chi connectivity index (χ1n) is 7.83. The van der Waals surface area contributed by atoms with E-state index in [0.29, 0.717) is 23.3 Å². The Balaban J connectivity index is 1.91. The molecule has 0 saturated carbocycles. The average Bonchev–Trinajstić information content (AvgIpc) is 2.97. The Hall–Kier alpha value is -2.96. The fourth-order valence-corrected chi connectivity index (χ4v) is 2.43. The molecule has 0 atom stereocenters. The van der Waals surface area contributed by atoms with E-state index in [0.717, 1.165) is 5.69 Å². The minimum atomic E-state index is -0.268. The van der Waals surface area contributed by atoms with Gasteiger partial charge in [-0.15, -0.1) is 0 Å². The number of nitrogens with one attached hydrogen (secondary N) is 2. The molecule has 2 heterocycles. The number of amides is 1. The zero-order chi connectivity index (χ0) is 17.1. The molecule has 0 saturated heterocycles. The number of hydrogen-bond donors (Lipinski definition) is 2. The lowest BCUT2D eigenvalue weighted by atomic mass is 10.1. The van der Waals surface area contributed by atoms with Gasteiger partial charge >= 0.3 is 0 Å². The van der Waals surface area contributed by atoms with E-state index in [1.165, 1.54) is 6.20 Å². The number of rotatable bonds is 5. The van der Waals surface area contributed by atoms with Crippen molar-refractivity contribution in [3.05, 3.63) is 52.7 Å². The first-order valence-corrected chi connectivity index (χ1v) is 7.83. The van der Waals surface area contributed by atoms with Gasteiger partial charge in [0.1, 0.15) is 11.2 Å². The van der Waals surface area contributed by atoms with Crippen LogP contribution in [0.4, 0.5) is 0 Å². The van der Waals surface area contributed by atoms with E-state index in [4.69, 9.17) is 0 Å². The minimum Gasteiger partial charge on any atom is -0.349 e. The Morgan fingerprint density at radius 1 is 1.29 bits per heavy atom. The predicted octanol–water partition coefficient (Wildman–Crippen LogP) is 1.77. The number of fused-ring (bicyclic) bond motifs is 1. The van der Waals surface area contributed by atoms with E-state index >= 15 is 0 Å². The van der Waals surface area contributed by atoms with Crippen LogP contribution in [0.2, 0.25) is 0 Å². The van der Waals surface area contributed by atoms with Crippen molar-refractivity contribution in [2.24, 2.45) is 5.92 Å². The van der Waals surface area contributed by atoms with Crippen molar-refractivity contribution in [1.29, 1.82) is 0 Å². The van der Waals surface area contributed by atoms with Crippen molar-refractivity contribution in [2.75, 3.05) is 0 Å². The number of carbonyl (C=O) groups excluding carboxylic acids is 1. The van der Waals surface area contributed by atoms with Crippen molar-refractivity contribution < 1.29 is 4.79 Å². The quantitative estimate of drug-likeness (QED) is 0.748. The molecule has 3 aromatic rings. The van der Waals surface area contributed by atoms with Crippen LogP contribution in [-0.2, 0) is 11.3 Å². The van der Waals surface area contributed by atoms with Crippen LogP contribution in [0.5, 0.6) is 0 Å². The van der Waals surface area contributed by atoms with Crippen LogP contribution in [0.25, 0.3) is 16.7 Å². The van der Waals surface area contributed by atoms with Crippen molar-refractivity contribution in [3.8, 4) is 5.69 Å². The lowest BCUT2D eigenvalue weighted by Gasteiger charge is -2.07. The molecule has 7 nitrogen and oxygen atoms in total. The highest BCUT2D eigenvalue weighted by Crippen LogP contribution is 2.13. The number of benzene rings is 1. The van der Waals surface area contributed by atoms with E-state index in [9.17, 15) is 9.59 Å². The summed E-state index contributed by atoms with van der Waals surface area (Å²) in [6.45, 7) is 4.13. The highest BCUT2D eigenvalue weighted by molar-refractivity contribution is 5.76. The second-order valence-corrected chi connectivity index (χ2v) is 6.02. The molecule has 0 bridgehead atoms. The number of H-pyrrole nitrogens is 1. The molecule has 0 aliphatic carbocycles. The summed E-state index contributed by atoms with van der Waals surface area (Å²) >= 11 is 0. The van der Waals surface area contributed by atoms with E-state index in [2.05, 4.69) is 20.4 Å². The Kier molecular flexibility index (Phi) is 4.41. The molecule has 0 fully saturated rings. The first kappa shape index (κ1) is 15.9. The average molecular weight is 325 g/mol. The summed E-state index contributed by atoms with van der Waals surface area (Å²) in [4.78, 5) is 31.1. The molecular formula is C17H19N5O2. The molecule has 0 aliphatic heterocycles. The maximum atomic E-state index is 12.2. The van der Waals surface area contributed by atoms with Crippen LogP contribution < -0.4 is 10.9 Å². The van der Waals surface area contributed by atoms with Crippen LogP contribution in [-0.4, -0.2) is 25.7 Å². The Labute approximate surface area is 138 Å². The number of aromatic nitrogens is 4. The monoisotopic (exact) mass is 325 g/mol. The van der Waals surface area contributed by atoms with Gasteiger partial charge in [0.05, 0.1) is 18.4 Å². The predicted molar refractivity (Wildman–Crippen MR) is 90.8 cm³/mol. The van der Waals surface area contributed by atoms with E-state index in [-0.39, 0.29) is 23.9 Å². The fourth-order valence-electron chi connectivity index (χ4n) is 2.43. The molecule has 0 unspecified atom stereocenters. The van der Waals surface area contributed by atoms with Gasteiger partial charge in [0, 0.05) is 6.42 Å². The molecule has 24 heavy (non-hydrogen) atoms. The minimum absolute atomic E-state index is 0.0655. The van der Waals surface area contributed by atoms with Gasteiger partial charge < -0.3 is 10.3 Å². The van der Waals surface area contributed by atoms with E-state index < -0.39 is 0 Å². The number of aromatic amines is 1. The molecule has 7 heteroatoms. The summed E-state index contributed by atoms with van der Waals surface area (Å²) in [5, 5.41) is 7.43. The van der Waals surface area contributed by atoms with Crippen molar-refractivity contribution in [1.82, 2.24) is 25.1 Å². The standard InChI is InChI=1S/C17H19N5O2/c1-11(2)8-15(23)18-10-14-20-16-13(17(24)21-14)9-19-22(16)12-6-4-3-5-7-12/h3-7,9,11H,8,10H2,1-2H3,(H,18,23)(H,20,21,24). The molecule has 0 radical (unpaired) electrons. The molecule has 124 valence electrons. The van der Waals surface area contributed by atoms with Gasteiger partial charge in [0.25, 0.3) is 5.56 Å². The van der Waals surface area contributed by atoms with E-state index in [1.54, 1.807) is 4.68 Å². The largest absolute Gasteiger partial charge is 0.349 e. The van der Waals surface area contributed by atoms with Crippen LogP contribution >= 0.6 is 0 Å². The summed E-state index contributed by atoms with van der Waals surface area (Å²) in [6.07, 6.45) is 1.93. The van der Waals surface area contributed by atoms with Crippen molar-refractivity contribution >= 4 is 16.9 Å². The third-order valence-corrected chi connectivity index (χ3v) is 3.53. The summed E-state index contributed by atoms with van der Waals surface area (Å²) in [6, 6.07) is 9.47. The second kappa shape index (κ2) is 6.66. The second-order valence-electron chi connectivity index (χ2n) is 6.02. The molecule has 2 N–H and O–H groups in total.